The van der Waals surface area contributed by atoms with Crippen LogP contribution in [0.25, 0.3) is 10.2 Å². The highest BCUT2D eigenvalue weighted by molar-refractivity contribution is 8.03. The van der Waals surface area contributed by atoms with Crippen LogP contribution >= 0.6 is 34.9 Å². The van der Waals surface area contributed by atoms with Crippen LogP contribution in [0.2, 0.25) is 0 Å². The number of anilines is 1. The van der Waals surface area contributed by atoms with Crippen LogP contribution in [-0.4, -0.2) is 15.5 Å². The number of para-hydroxylation sites is 1. The predicted molar refractivity (Wildman–Crippen MR) is 131 cm³/mol. The van der Waals surface area contributed by atoms with Crippen molar-refractivity contribution < 1.29 is 4.74 Å². The van der Waals surface area contributed by atoms with Crippen molar-refractivity contribution in [3.8, 4) is 11.5 Å². The van der Waals surface area contributed by atoms with Gasteiger partial charge in [0.2, 0.25) is 0 Å². The van der Waals surface area contributed by atoms with E-state index in [2.05, 4.69) is 24.0 Å². The summed E-state index contributed by atoms with van der Waals surface area (Å²) in [5.41, 5.74) is 8.17. The molecule has 0 fully saturated rings. The Labute approximate surface area is 193 Å². The predicted octanol–water partition coefficient (Wildman–Crippen LogP) is 6.60. The molecule has 0 aliphatic carbocycles. The number of benzene rings is 1. The molecule has 0 spiro atoms. The van der Waals surface area contributed by atoms with E-state index in [9.17, 15) is 0 Å². The van der Waals surface area contributed by atoms with Crippen molar-refractivity contribution in [2.45, 2.75) is 29.1 Å². The number of aryl methyl sites for hydroxylation is 1. The van der Waals surface area contributed by atoms with Crippen LogP contribution in [0, 0.1) is 6.92 Å². The molecule has 0 saturated heterocycles. The Bertz CT molecular complexity index is 1270. The minimum atomic E-state index is -0.224. The molecular formula is C23H20N4OS3. The van der Waals surface area contributed by atoms with E-state index in [1.165, 1.54) is 9.58 Å². The lowest BCUT2D eigenvalue weighted by Crippen LogP contribution is -2.35. The third kappa shape index (κ3) is 4.16. The summed E-state index contributed by atoms with van der Waals surface area (Å²) in [6.45, 7) is 4.14. The normalized spacial score (nSPS) is 16.0. The quantitative estimate of drug-likeness (QED) is 0.357. The van der Waals surface area contributed by atoms with E-state index in [4.69, 9.17) is 15.5 Å². The van der Waals surface area contributed by atoms with Gasteiger partial charge < -0.3 is 15.4 Å². The van der Waals surface area contributed by atoms with E-state index in [1.54, 1.807) is 34.9 Å². The highest BCUT2D eigenvalue weighted by atomic mass is 32.2. The first-order chi connectivity index (χ1) is 15.1. The summed E-state index contributed by atoms with van der Waals surface area (Å²) >= 11 is 4.99. The molecule has 5 nitrogen and oxygen atoms in total. The number of ether oxygens (including phenoxy) is 1. The molecule has 2 N–H and O–H groups in total. The van der Waals surface area contributed by atoms with E-state index in [-0.39, 0.29) is 5.50 Å². The molecule has 1 aromatic carbocycles. The summed E-state index contributed by atoms with van der Waals surface area (Å²) in [6, 6.07) is 16.0. The number of rotatable bonds is 5. The topological polar surface area (TPSA) is 64.3 Å². The summed E-state index contributed by atoms with van der Waals surface area (Å²) in [5, 5.41) is 2.05. The molecule has 3 aromatic heterocycles. The van der Waals surface area contributed by atoms with Crippen LogP contribution < -0.4 is 15.4 Å². The Morgan fingerprint density at radius 3 is 2.71 bits per heavy atom. The molecule has 1 aliphatic heterocycles. The number of thioether (sulfide) groups is 1. The van der Waals surface area contributed by atoms with Gasteiger partial charge in [-0.2, -0.15) is 0 Å². The molecular weight excluding hydrogens is 444 g/mol. The number of nitrogens with two attached hydrogens (primary N) is 1. The van der Waals surface area contributed by atoms with Gasteiger partial charge in [-0.1, -0.05) is 41.7 Å². The number of allylic oxidation sites excluding steroid dienone is 1. The van der Waals surface area contributed by atoms with Crippen LogP contribution in [0.4, 0.5) is 5.82 Å². The molecule has 0 saturated carbocycles. The van der Waals surface area contributed by atoms with Crippen molar-refractivity contribution in [2.75, 3.05) is 4.90 Å². The number of pyridine rings is 2. The fourth-order valence-corrected chi connectivity index (χ4v) is 6.18. The van der Waals surface area contributed by atoms with Gasteiger partial charge >= 0.3 is 0 Å². The molecule has 4 heterocycles. The van der Waals surface area contributed by atoms with Gasteiger partial charge in [-0.05, 0) is 43.5 Å². The average molecular weight is 465 g/mol. The van der Waals surface area contributed by atoms with E-state index in [1.807, 2.05) is 66.0 Å². The number of aromatic nitrogens is 2. The first kappa shape index (κ1) is 20.4. The third-order valence-electron chi connectivity index (χ3n) is 4.75. The number of thiophene rings is 1. The molecule has 0 amide bonds. The molecule has 1 unspecified atom stereocenters. The van der Waals surface area contributed by atoms with E-state index in [0.717, 1.165) is 26.8 Å². The van der Waals surface area contributed by atoms with Gasteiger partial charge in [0.25, 0.3) is 0 Å². The molecule has 4 aromatic rings. The smallest absolute Gasteiger partial charge is 0.178 e. The van der Waals surface area contributed by atoms with Gasteiger partial charge in [-0.3, -0.25) is 4.98 Å². The Morgan fingerprint density at radius 2 is 1.94 bits per heavy atom. The SMILES string of the molecule is CC1=CSC(N)N1c1ncc(Sc2ccnc3cc(C)sc23)cc1Oc1ccccc1. The fourth-order valence-electron chi connectivity index (χ4n) is 3.36. The van der Waals surface area contributed by atoms with Crippen LogP contribution in [0.5, 0.6) is 11.5 Å². The average Bonchev–Trinajstić information content (AvgIpc) is 3.31. The maximum atomic E-state index is 6.32. The zero-order chi connectivity index (χ0) is 21.4. The second-order valence-electron chi connectivity index (χ2n) is 7.05. The minimum absolute atomic E-state index is 0.224. The number of fused-ring (bicyclic) bond motifs is 1. The monoisotopic (exact) mass is 464 g/mol. The number of hydrogen-bond donors (Lipinski definition) is 1. The molecule has 156 valence electrons. The van der Waals surface area contributed by atoms with Gasteiger partial charge in [0.1, 0.15) is 11.2 Å². The molecule has 0 bridgehead atoms. The Morgan fingerprint density at radius 1 is 1.10 bits per heavy atom. The second kappa shape index (κ2) is 8.55. The first-order valence-electron chi connectivity index (χ1n) is 9.71. The zero-order valence-corrected chi connectivity index (χ0v) is 19.4. The summed E-state index contributed by atoms with van der Waals surface area (Å²) in [6.07, 6.45) is 3.74. The Balaban J connectivity index is 1.54. The highest BCUT2D eigenvalue weighted by Crippen LogP contribution is 2.42. The lowest BCUT2D eigenvalue weighted by atomic mass is 10.3. The van der Waals surface area contributed by atoms with Crippen molar-refractivity contribution in [3.05, 3.63) is 76.9 Å². The largest absolute Gasteiger partial charge is 0.453 e. The summed E-state index contributed by atoms with van der Waals surface area (Å²) in [4.78, 5) is 14.7. The van der Waals surface area contributed by atoms with Gasteiger partial charge in [-0.25, -0.2) is 4.98 Å². The summed E-state index contributed by atoms with van der Waals surface area (Å²) < 4.78 is 7.46. The maximum Gasteiger partial charge on any atom is 0.178 e. The summed E-state index contributed by atoms with van der Waals surface area (Å²) in [5.74, 6) is 2.15. The van der Waals surface area contributed by atoms with Crippen LogP contribution in [0.1, 0.15) is 11.8 Å². The molecule has 31 heavy (non-hydrogen) atoms. The first-order valence-corrected chi connectivity index (χ1v) is 12.3. The standard InChI is InChI=1S/C23H20N4OS3/c1-14-13-29-23(24)27(14)22-19(28-16-6-4-3-5-7-16)11-17(12-26-22)31-20-8-9-25-18-10-15(2)30-21(18)20/h3-13,23H,24H2,1-2H3. The van der Waals surface area contributed by atoms with Gasteiger partial charge in [0.05, 0.1) is 10.2 Å². The highest BCUT2D eigenvalue weighted by Gasteiger charge is 2.27. The van der Waals surface area contributed by atoms with Crippen molar-refractivity contribution in [1.82, 2.24) is 9.97 Å². The summed E-state index contributed by atoms with van der Waals surface area (Å²) in [7, 11) is 0. The fraction of sp³-hybridized carbons (Fsp3) is 0.130. The van der Waals surface area contributed by atoms with Crippen molar-refractivity contribution in [3.63, 3.8) is 0 Å². The zero-order valence-electron chi connectivity index (χ0n) is 17.0. The Kier molecular flexibility index (Phi) is 5.62. The van der Waals surface area contributed by atoms with Gasteiger partial charge in [0.15, 0.2) is 11.6 Å². The number of nitrogens with zero attached hydrogens (tertiary/aromatic N) is 3. The van der Waals surface area contributed by atoms with Gasteiger partial charge in [-0.15, -0.1) is 11.3 Å². The minimum Gasteiger partial charge on any atom is -0.453 e. The van der Waals surface area contributed by atoms with Crippen LogP contribution in [-0.2, 0) is 0 Å². The molecule has 5 rings (SSSR count). The molecule has 8 heteroatoms. The molecule has 0 radical (unpaired) electrons. The second-order valence-corrected chi connectivity index (χ2v) is 10.4. The Hall–Kier alpha value is -2.52. The maximum absolute atomic E-state index is 6.32. The lowest BCUT2D eigenvalue weighted by molar-refractivity contribution is 0.478. The molecule has 1 aliphatic rings. The van der Waals surface area contributed by atoms with E-state index in [0.29, 0.717) is 11.6 Å². The molecule has 1 atom stereocenters. The third-order valence-corrected chi connectivity index (χ3v) is 7.93. The van der Waals surface area contributed by atoms with Crippen molar-refractivity contribution in [2.24, 2.45) is 5.73 Å². The van der Waals surface area contributed by atoms with Crippen LogP contribution in [0.3, 0.4) is 0 Å². The number of hydrogen-bond acceptors (Lipinski definition) is 8. The van der Waals surface area contributed by atoms with Gasteiger partial charge in [0, 0.05) is 38.8 Å². The van der Waals surface area contributed by atoms with Crippen molar-refractivity contribution in [1.29, 1.82) is 0 Å². The van der Waals surface area contributed by atoms with E-state index >= 15 is 0 Å². The lowest BCUT2D eigenvalue weighted by Gasteiger charge is -2.26. The van der Waals surface area contributed by atoms with Crippen LogP contribution in [0.15, 0.2) is 81.8 Å². The van der Waals surface area contributed by atoms with E-state index < -0.39 is 0 Å². The van der Waals surface area contributed by atoms with Crippen molar-refractivity contribution >= 4 is 50.9 Å².